The van der Waals surface area contributed by atoms with Crippen LogP contribution in [0.1, 0.15) is 42.5 Å². The number of aliphatic hydroxyl groups excluding tert-OH is 2. The van der Waals surface area contributed by atoms with Gasteiger partial charge in [0.1, 0.15) is 5.69 Å². The predicted molar refractivity (Wildman–Crippen MR) is 129 cm³/mol. The Kier molecular flexibility index (Phi) is 6.24. The van der Waals surface area contributed by atoms with E-state index in [9.17, 15) is 19.9 Å². The Balaban J connectivity index is 1.37. The highest BCUT2D eigenvalue weighted by Crippen LogP contribution is 2.43. The van der Waals surface area contributed by atoms with Crippen LogP contribution in [0.5, 0.6) is 0 Å². The van der Waals surface area contributed by atoms with Crippen LogP contribution in [0.15, 0.2) is 78.0 Å². The Labute approximate surface area is 197 Å². The van der Waals surface area contributed by atoms with Gasteiger partial charge in [-0.05, 0) is 40.1 Å². The van der Waals surface area contributed by atoms with Gasteiger partial charge in [-0.15, -0.1) is 4.91 Å². The first kappa shape index (κ1) is 22.4. The molecule has 2 fully saturated rings. The summed E-state index contributed by atoms with van der Waals surface area (Å²) >= 11 is 0. The number of hydrogen-bond donors (Lipinski definition) is 2. The van der Waals surface area contributed by atoms with Gasteiger partial charge in [0.05, 0.1) is 37.4 Å². The highest BCUT2D eigenvalue weighted by molar-refractivity contribution is 6.01. The molecule has 5 rings (SSSR count). The number of rotatable bonds is 6. The lowest BCUT2D eigenvalue weighted by molar-refractivity contribution is -0.124. The van der Waals surface area contributed by atoms with Gasteiger partial charge >= 0.3 is 0 Å². The number of anilines is 1. The molecule has 34 heavy (non-hydrogen) atoms. The van der Waals surface area contributed by atoms with Crippen LogP contribution in [-0.4, -0.2) is 34.9 Å². The summed E-state index contributed by atoms with van der Waals surface area (Å²) in [6.45, 7) is -0.117. The number of β-lactam (4-membered cyclic amide) rings is 1. The number of carbonyl (C=O) groups is 1. The topological polar surface area (TPSA) is 99.4 Å². The van der Waals surface area contributed by atoms with Gasteiger partial charge < -0.3 is 19.8 Å². The van der Waals surface area contributed by atoms with Gasteiger partial charge in [-0.1, -0.05) is 54.6 Å². The molecular formula is C27H26N2O5. The second-order valence-corrected chi connectivity index (χ2v) is 8.86. The van der Waals surface area contributed by atoms with Crippen molar-refractivity contribution in [3.05, 3.63) is 88.8 Å². The summed E-state index contributed by atoms with van der Waals surface area (Å²) in [4.78, 5) is 25.7. The molecule has 2 heterocycles. The molecule has 2 N–H and O–H groups in total. The standard InChI is InChI=1S/C27H26N2O5/c30-16-22-13-21(31)14-26(34-22)18-8-6-17(7-9-18)19-10-11-23(24(12-19)28-33)25-15-27(32)29(25)20-4-2-1-3-5-20/h1-12,21-22,25-26,30-31H,13-16H2. The molecule has 0 radical (unpaired) electrons. The summed E-state index contributed by atoms with van der Waals surface area (Å²) in [6.07, 6.45) is 0.126. The molecule has 4 atom stereocenters. The Morgan fingerprint density at radius 2 is 1.71 bits per heavy atom. The van der Waals surface area contributed by atoms with Gasteiger partial charge in [0.25, 0.3) is 0 Å². The van der Waals surface area contributed by atoms with E-state index in [0.717, 1.165) is 27.9 Å². The maximum absolute atomic E-state index is 12.3. The second-order valence-electron chi connectivity index (χ2n) is 8.86. The highest BCUT2D eigenvalue weighted by Gasteiger charge is 2.39. The van der Waals surface area contributed by atoms with Crippen molar-refractivity contribution in [2.45, 2.75) is 43.6 Å². The zero-order chi connectivity index (χ0) is 23.7. The first-order valence-electron chi connectivity index (χ1n) is 11.5. The minimum Gasteiger partial charge on any atom is -0.394 e. The number of amides is 1. The van der Waals surface area contributed by atoms with E-state index in [-0.39, 0.29) is 30.8 Å². The predicted octanol–water partition coefficient (Wildman–Crippen LogP) is 4.80. The number of aliphatic hydroxyl groups is 2. The monoisotopic (exact) mass is 458 g/mol. The Morgan fingerprint density at radius 3 is 2.38 bits per heavy atom. The van der Waals surface area contributed by atoms with E-state index in [1.54, 1.807) is 11.0 Å². The van der Waals surface area contributed by atoms with E-state index in [1.807, 2.05) is 66.7 Å². The summed E-state index contributed by atoms with van der Waals surface area (Å²) in [5.41, 5.74) is 4.55. The van der Waals surface area contributed by atoms with E-state index in [4.69, 9.17) is 4.74 Å². The van der Waals surface area contributed by atoms with Gasteiger partial charge in [0, 0.05) is 24.1 Å². The van der Waals surface area contributed by atoms with Crippen LogP contribution in [0.3, 0.4) is 0 Å². The summed E-state index contributed by atoms with van der Waals surface area (Å²) in [7, 11) is 0. The van der Waals surface area contributed by atoms with Crippen molar-refractivity contribution in [1.82, 2.24) is 0 Å². The van der Waals surface area contributed by atoms with Crippen molar-refractivity contribution < 1.29 is 19.7 Å². The molecule has 4 unspecified atom stereocenters. The third-order valence-corrected chi connectivity index (χ3v) is 6.67. The molecular weight excluding hydrogens is 432 g/mol. The largest absolute Gasteiger partial charge is 0.394 e. The molecule has 7 nitrogen and oxygen atoms in total. The van der Waals surface area contributed by atoms with Crippen LogP contribution in [0.2, 0.25) is 0 Å². The van der Waals surface area contributed by atoms with E-state index < -0.39 is 6.10 Å². The van der Waals surface area contributed by atoms with Crippen molar-refractivity contribution in [3.63, 3.8) is 0 Å². The van der Waals surface area contributed by atoms with Crippen LogP contribution >= 0.6 is 0 Å². The minimum atomic E-state index is -0.502. The van der Waals surface area contributed by atoms with Crippen molar-refractivity contribution in [2.24, 2.45) is 5.18 Å². The number of nitroso groups, excluding NO2 is 1. The van der Waals surface area contributed by atoms with E-state index in [1.165, 1.54) is 0 Å². The van der Waals surface area contributed by atoms with Crippen molar-refractivity contribution >= 4 is 17.3 Å². The van der Waals surface area contributed by atoms with Crippen molar-refractivity contribution in [2.75, 3.05) is 11.5 Å². The fraction of sp³-hybridized carbons (Fsp3) is 0.296. The molecule has 0 saturated carbocycles. The normalized spacial score (nSPS) is 24.5. The van der Waals surface area contributed by atoms with Gasteiger partial charge in [-0.2, -0.15) is 0 Å². The maximum atomic E-state index is 12.3. The molecule has 2 saturated heterocycles. The molecule has 3 aromatic carbocycles. The quantitative estimate of drug-likeness (QED) is 0.408. The molecule has 0 spiro atoms. The smallest absolute Gasteiger partial charge is 0.230 e. The second kappa shape index (κ2) is 9.46. The fourth-order valence-electron chi connectivity index (χ4n) is 4.87. The summed E-state index contributed by atoms with van der Waals surface area (Å²) in [5.74, 6) is 0.0196. The van der Waals surface area contributed by atoms with Crippen LogP contribution < -0.4 is 4.90 Å². The number of para-hydroxylation sites is 1. The van der Waals surface area contributed by atoms with Crippen LogP contribution in [0.25, 0.3) is 11.1 Å². The molecule has 0 aromatic heterocycles. The molecule has 3 aromatic rings. The molecule has 2 aliphatic heterocycles. The SMILES string of the molecule is O=Nc1cc(-c2ccc(C3CC(O)CC(CO)O3)cc2)ccc1C1CC(=O)N1c1ccccc1. The number of ether oxygens (including phenoxy) is 1. The molecule has 0 aliphatic carbocycles. The lowest BCUT2D eigenvalue weighted by Crippen LogP contribution is -2.46. The summed E-state index contributed by atoms with van der Waals surface area (Å²) < 4.78 is 5.89. The highest BCUT2D eigenvalue weighted by atomic mass is 16.5. The van der Waals surface area contributed by atoms with Crippen molar-refractivity contribution in [3.8, 4) is 11.1 Å². The Hall–Kier alpha value is -3.39. The zero-order valence-electron chi connectivity index (χ0n) is 18.6. The summed E-state index contributed by atoms with van der Waals surface area (Å²) in [6, 6.07) is 22.5. The lowest BCUT2D eigenvalue weighted by atomic mass is 9.90. The van der Waals surface area contributed by atoms with Gasteiger partial charge in [-0.25, -0.2) is 0 Å². The molecule has 1 amide bonds. The molecule has 174 valence electrons. The number of benzene rings is 3. The third-order valence-electron chi connectivity index (χ3n) is 6.67. The average molecular weight is 459 g/mol. The van der Waals surface area contributed by atoms with E-state index in [2.05, 4.69) is 5.18 Å². The van der Waals surface area contributed by atoms with E-state index >= 15 is 0 Å². The zero-order valence-corrected chi connectivity index (χ0v) is 18.6. The van der Waals surface area contributed by atoms with Crippen LogP contribution in [0, 0.1) is 4.91 Å². The van der Waals surface area contributed by atoms with Gasteiger partial charge in [0.15, 0.2) is 0 Å². The van der Waals surface area contributed by atoms with Crippen LogP contribution in [0.4, 0.5) is 11.4 Å². The van der Waals surface area contributed by atoms with Gasteiger partial charge in [0.2, 0.25) is 5.91 Å². The van der Waals surface area contributed by atoms with Crippen molar-refractivity contribution in [1.29, 1.82) is 0 Å². The minimum absolute atomic E-state index is 0.0196. The number of nitrogens with zero attached hydrogens (tertiary/aromatic N) is 2. The third kappa shape index (κ3) is 4.25. The van der Waals surface area contributed by atoms with Gasteiger partial charge in [-0.3, -0.25) is 4.79 Å². The average Bonchev–Trinajstić information content (AvgIpc) is 2.87. The Bertz CT molecular complexity index is 1180. The van der Waals surface area contributed by atoms with Crippen LogP contribution in [-0.2, 0) is 9.53 Å². The molecule has 0 bridgehead atoms. The Morgan fingerprint density at radius 1 is 0.971 bits per heavy atom. The maximum Gasteiger partial charge on any atom is 0.230 e. The molecule has 7 heteroatoms. The first-order chi connectivity index (χ1) is 16.6. The fourth-order valence-corrected chi connectivity index (χ4v) is 4.87. The number of hydrogen-bond acceptors (Lipinski definition) is 6. The number of carbonyl (C=O) groups excluding carboxylic acids is 1. The lowest BCUT2D eigenvalue weighted by Gasteiger charge is -2.41. The van der Waals surface area contributed by atoms with E-state index in [0.29, 0.717) is 24.9 Å². The first-order valence-corrected chi connectivity index (χ1v) is 11.5. The summed E-state index contributed by atoms with van der Waals surface area (Å²) in [5, 5.41) is 22.8. The molecule has 2 aliphatic rings.